The number of phenols is 1. The van der Waals surface area contributed by atoms with Gasteiger partial charge in [-0.1, -0.05) is 30.3 Å². The molecular formula is C14H14N2O2. The molecule has 4 heteroatoms. The third kappa shape index (κ3) is 3.52. The Morgan fingerprint density at radius 3 is 2.33 bits per heavy atom. The summed E-state index contributed by atoms with van der Waals surface area (Å²) in [6.45, 7) is 0.416. The number of rotatable bonds is 3. The number of para-hydroxylation sites is 1. The van der Waals surface area contributed by atoms with Gasteiger partial charge < -0.3 is 15.7 Å². The van der Waals surface area contributed by atoms with Crippen molar-refractivity contribution in [2.24, 2.45) is 0 Å². The second kappa shape index (κ2) is 5.72. The van der Waals surface area contributed by atoms with Crippen LogP contribution in [0.3, 0.4) is 0 Å². The summed E-state index contributed by atoms with van der Waals surface area (Å²) in [5, 5.41) is 14.6. The second-order valence-corrected chi connectivity index (χ2v) is 3.84. The number of benzene rings is 2. The molecule has 0 saturated heterocycles. The standard InChI is InChI=1S/C14H14N2O2/c17-13-8-6-11(7-9-13)10-15-14(18)16-12-4-2-1-3-5-12/h1-9,17H,10H2,(H2,15,16,18). The van der Waals surface area contributed by atoms with Gasteiger partial charge in [-0.2, -0.15) is 0 Å². The lowest BCUT2D eigenvalue weighted by Crippen LogP contribution is -2.28. The van der Waals surface area contributed by atoms with E-state index in [1.165, 1.54) is 0 Å². The summed E-state index contributed by atoms with van der Waals surface area (Å²) in [6, 6.07) is 15.7. The molecular weight excluding hydrogens is 228 g/mol. The van der Waals surface area contributed by atoms with E-state index in [2.05, 4.69) is 10.6 Å². The number of amides is 2. The van der Waals surface area contributed by atoms with E-state index >= 15 is 0 Å². The van der Waals surface area contributed by atoms with E-state index in [0.717, 1.165) is 11.3 Å². The predicted molar refractivity (Wildman–Crippen MR) is 70.4 cm³/mol. The van der Waals surface area contributed by atoms with Crippen molar-refractivity contribution in [3.8, 4) is 5.75 Å². The van der Waals surface area contributed by atoms with Crippen molar-refractivity contribution in [1.29, 1.82) is 0 Å². The molecule has 0 saturated carbocycles. The van der Waals surface area contributed by atoms with Crippen molar-refractivity contribution in [1.82, 2.24) is 5.32 Å². The molecule has 2 rings (SSSR count). The van der Waals surface area contributed by atoms with Crippen LogP contribution in [0.25, 0.3) is 0 Å². The summed E-state index contributed by atoms with van der Waals surface area (Å²) in [4.78, 5) is 11.6. The molecule has 0 spiro atoms. The molecule has 0 atom stereocenters. The third-order valence-electron chi connectivity index (χ3n) is 2.42. The van der Waals surface area contributed by atoms with E-state index in [-0.39, 0.29) is 11.8 Å². The molecule has 0 fully saturated rings. The van der Waals surface area contributed by atoms with Crippen LogP contribution in [0, 0.1) is 0 Å². The Hall–Kier alpha value is -2.49. The van der Waals surface area contributed by atoms with Crippen LogP contribution < -0.4 is 10.6 Å². The highest BCUT2D eigenvalue weighted by atomic mass is 16.3. The molecule has 0 aliphatic rings. The van der Waals surface area contributed by atoms with Gasteiger partial charge in [-0.25, -0.2) is 4.79 Å². The first kappa shape index (κ1) is 12.0. The van der Waals surface area contributed by atoms with Gasteiger partial charge in [0.1, 0.15) is 5.75 Å². The molecule has 0 radical (unpaired) electrons. The molecule has 0 aliphatic heterocycles. The molecule has 92 valence electrons. The van der Waals surface area contributed by atoms with Gasteiger partial charge in [-0.15, -0.1) is 0 Å². The number of hydrogen-bond donors (Lipinski definition) is 3. The summed E-state index contributed by atoms with van der Waals surface area (Å²) in [6.07, 6.45) is 0. The van der Waals surface area contributed by atoms with E-state index < -0.39 is 0 Å². The van der Waals surface area contributed by atoms with E-state index in [9.17, 15) is 4.79 Å². The van der Waals surface area contributed by atoms with E-state index in [4.69, 9.17) is 5.11 Å². The quantitative estimate of drug-likeness (QED) is 0.775. The minimum atomic E-state index is -0.255. The van der Waals surface area contributed by atoms with Gasteiger partial charge in [0.15, 0.2) is 0 Å². The van der Waals surface area contributed by atoms with Crippen molar-refractivity contribution in [2.75, 3.05) is 5.32 Å². The Morgan fingerprint density at radius 1 is 1.00 bits per heavy atom. The summed E-state index contributed by atoms with van der Waals surface area (Å²) >= 11 is 0. The fourth-order valence-corrected chi connectivity index (χ4v) is 1.49. The van der Waals surface area contributed by atoms with Crippen molar-refractivity contribution >= 4 is 11.7 Å². The van der Waals surface area contributed by atoms with Crippen LogP contribution >= 0.6 is 0 Å². The number of aromatic hydroxyl groups is 1. The Bertz CT molecular complexity index is 509. The minimum absolute atomic E-state index is 0.215. The summed E-state index contributed by atoms with van der Waals surface area (Å²) in [5.74, 6) is 0.215. The molecule has 2 aromatic carbocycles. The molecule has 0 bridgehead atoms. The van der Waals surface area contributed by atoms with Gasteiger partial charge in [0.2, 0.25) is 0 Å². The second-order valence-electron chi connectivity index (χ2n) is 3.84. The van der Waals surface area contributed by atoms with Crippen LogP contribution in [0.15, 0.2) is 54.6 Å². The van der Waals surface area contributed by atoms with Crippen LogP contribution in [-0.4, -0.2) is 11.1 Å². The topological polar surface area (TPSA) is 61.4 Å². The lowest BCUT2D eigenvalue weighted by atomic mass is 10.2. The maximum atomic E-state index is 11.6. The average Bonchev–Trinajstić information content (AvgIpc) is 2.39. The Balaban J connectivity index is 1.83. The first-order valence-corrected chi connectivity index (χ1v) is 5.62. The third-order valence-corrected chi connectivity index (χ3v) is 2.42. The molecule has 0 aromatic heterocycles. The number of anilines is 1. The molecule has 0 aliphatic carbocycles. The zero-order valence-corrected chi connectivity index (χ0v) is 9.76. The van der Waals surface area contributed by atoms with E-state index in [1.807, 2.05) is 30.3 Å². The fraction of sp³-hybridized carbons (Fsp3) is 0.0714. The monoisotopic (exact) mass is 242 g/mol. The van der Waals surface area contributed by atoms with Crippen LogP contribution in [0.1, 0.15) is 5.56 Å². The smallest absolute Gasteiger partial charge is 0.319 e. The maximum Gasteiger partial charge on any atom is 0.319 e. The molecule has 3 N–H and O–H groups in total. The lowest BCUT2D eigenvalue weighted by Gasteiger charge is -2.07. The normalized spacial score (nSPS) is 9.78. The minimum Gasteiger partial charge on any atom is -0.508 e. The van der Waals surface area contributed by atoms with Gasteiger partial charge >= 0.3 is 6.03 Å². The molecule has 0 unspecified atom stereocenters. The van der Waals surface area contributed by atoms with Crippen molar-refractivity contribution < 1.29 is 9.90 Å². The molecule has 4 nitrogen and oxygen atoms in total. The molecule has 2 aromatic rings. The van der Waals surface area contributed by atoms with E-state index in [1.54, 1.807) is 24.3 Å². The van der Waals surface area contributed by atoms with E-state index in [0.29, 0.717) is 6.54 Å². The predicted octanol–water partition coefficient (Wildman–Crippen LogP) is 2.71. The Morgan fingerprint density at radius 2 is 1.67 bits per heavy atom. The highest BCUT2D eigenvalue weighted by Crippen LogP contribution is 2.09. The number of phenolic OH excluding ortho intramolecular Hbond substituents is 1. The molecule has 2 amide bonds. The Labute approximate surface area is 105 Å². The number of nitrogens with one attached hydrogen (secondary N) is 2. The van der Waals surface area contributed by atoms with Crippen LogP contribution in [0.5, 0.6) is 5.75 Å². The summed E-state index contributed by atoms with van der Waals surface area (Å²) in [7, 11) is 0. The Kier molecular flexibility index (Phi) is 3.81. The SMILES string of the molecule is O=C(NCc1ccc(O)cc1)Nc1ccccc1. The number of hydrogen-bond acceptors (Lipinski definition) is 2. The summed E-state index contributed by atoms with van der Waals surface area (Å²) in [5.41, 5.74) is 1.68. The van der Waals surface area contributed by atoms with Gasteiger partial charge in [0.25, 0.3) is 0 Å². The maximum absolute atomic E-state index is 11.6. The van der Waals surface area contributed by atoms with Crippen molar-refractivity contribution in [3.05, 3.63) is 60.2 Å². The fourth-order valence-electron chi connectivity index (χ4n) is 1.49. The van der Waals surface area contributed by atoms with Gasteiger partial charge in [-0.3, -0.25) is 0 Å². The van der Waals surface area contributed by atoms with Crippen molar-refractivity contribution in [3.63, 3.8) is 0 Å². The van der Waals surface area contributed by atoms with Crippen LogP contribution in [0.4, 0.5) is 10.5 Å². The van der Waals surface area contributed by atoms with Crippen LogP contribution in [0.2, 0.25) is 0 Å². The van der Waals surface area contributed by atoms with Crippen LogP contribution in [-0.2, 0) is 6.54 Å². The number of carbonyl (C=O) groups excluding carboxylic acids is 1. The lowest BCUT2D eigenvalue weighted by molar-refractivity contribution is 0.251. The van der Waals surface area contributed by atoms with Crippen molar-refractivity contribution in [2.45, 2.75) is 6.54 Å². The highest BCUT2D eigenvalue weighted by Gasteiger charge is 2.00. The number of urea groups is 1. The molecule has 18 heavy (non-hydrogen) atoms. The first-order chi connectivity index (χ1) is 8.74. The zero-order chi connectivity index (χ0) is 12.8. The van der Waals surface area contributed by atoms with Gasteiger partial charge in [-0.05, 0) is 29.8 Å². The zero-order valence-electron chi connectivity index (χ0n) is 9.76. The van der Waals surface area contributed by atoms with Gasteiger partial charge in [0.05, 0.1) is 0 Å². The largest absolute Gasteiger partial charge is 0.508 e. The number of carbonyl (C=O) groups is 1. The highest BCUT2D eigenvalue weighted by molar-refractivity contribution is 5.89. The average molecular weight is 242 g/mol. The first-order valence-electron chi connectivity index (χ1n) is 5.62. The van der Waals surface area contributed by atoms with Gasteiger partial charge in [0, 0.05) is 12.2 Å². The molecule has 0 heterocycles. The summed E-state index contributed by atoms with van der Waals surface area (Å²) < 4.78 is 0.